The number of benzene rings is 2. The van der Waals surface area contributed by atoms with Gasteiger partial charge in [-0.3, -0.25) is 0 Å². The van der Waals surface area contributed by atoms with Gasteiger partial charge in [-0.05, 0) is 49.4 Å². The molecule has 2 aromatic carbocycles. The Morgan fingerprint density at radius 3 is 2.70 bits per heavy atom. The third-order valence-corrected chi connectivity index (χ3v) is 5.77. The fraction of sp³-hybridized carbons (Fsp3) is 0.250. The van der Waals surface area contributed by atoms with Gasteiger partial charge in [0.25, 0.3) is 0 Å². The lowest BCUT2D eigenvalue weighted by atomic mass is 9.95. The summed E-state index contributed by atoms with van der Waals surface area (Å²) in [6, 6.07) is 15.9. The summed E-state index contributed by atoms with van der Waals surface area (Å²) in [5, 5.41) is 2.84. The van der Waals surface area contributed by atoms with Crippen LogP contribution in [-0.4, -0.2) is 22.6 Å². The van der Waals surface area contributed by atoms with E-state index in [-0.39, 0.29) is 12.0 Å². The van der Waals surface area contributed by atoms with E-state index in [1.165, 1.54) is 5.56 Å². The highest BCUT2D eigenvalue weighted by Gasteiger charge is 2.37. The molecule has 0 radical (unpaired) electrons. The first-order valence-corrected chi connectivity index (χ1v) is 10.8. The lowest BCUT2D eigenvalue weighted by molar-refractivity contribution is -0.139. The Labute approximate surface area is 181 Å². The van der Waals surface area contributed by atoms with Crippen LogP contribution in [0.15, 0.2) is 76.4 Å². The van der Waals surface area contributed by atoms with Crippen molar-refractivity contribution in [2.75, 3.05) is 6.61 Å². The number of nitrogens with zero attached hydrogens (tertiary/aromatic N) is 2. The van der Waals surface area contributed by atoms with E-state index in [2.05, 4.69) is 30.1 Å². The second-order valence-electron chi connectivity index (χ2n) is 7.17. The van der Waals surface area contributed by atoms with Gasteiger partial charge in [-0.15, -0.1) is 0 Å². The minimum atomic E-state index is -0.326. The van der Waals surface area contributed by atoms with Crippen LogP contribution >= 0.6 is 11.8 Å². The Morgan fingerprint density at radius 1 is 1.17 bits per heavy atom. The summed E-state index contributed by atoms with van der Waals surface area (Å²) in [7, 11) is 0. The van der Waals surface area contributed by atoms with Crippen molar-refractivity contribution in [2.45, 2.75) is 33.4 Å². The Balaban J connectivity index is 1.57. The molecule has 5 nitrogen and oxygen atoms in total. The molecular weight excluding hydrogens is 396 g/mol. The average Bonchev–Trinajstić information content (AvgIpc) is 3.20. The van der Waals surface area contributed by atoms with Crippen LogP contribution in [0.2, 0.25) is 0 Å². The molecule has 30 heavy (non-hydrogen) atoms. The van der Waals surface area contributed by atoms with E-state index < -0.39 is 0 Å². The van der Waals surface area contributed by atoms with Gasteiger partial charge in [0.1, 0.15) is 12.4 Å². The number of carbonyl (C=O) groups excluding carboxylic acids is 1. The maximum Gasteiger partial charge on any atom is 0.338 e. The molecular formula is C24H24N2O3S. The summed E-state index contributed by atoms with van der Waals surface area (Å²) in [6.07, 6.45) is 1.96. The van der Waals surface area contributed by atoms with E-state index in [0.29, 0.717) is 24.5 Å². The Bertz CT molecular complexity index is 1040. The highest BCUT2D eigenvalue weighted by atomic mass is 32.2. The number of esters is 1. The molecule has 0 spiro atoms. The Kier molecular flexibility index (Phi) is 5.95. The van der Waals surface area contributed by atoms with Crippen LogP contribution in [0.3, 0.4) is 0 Å². The summed E-state index contributed by atoms with van der Waals surface area (Å²) in [5.74, 6) is 0.461. The van der Waals surface area contributed by atoms with Crippen molar-refractivity contribution in [3.8, 4) is 5.75 Å². The summed E-state index contributed by atoms with van der Waals surface area (Å²) in [6.45, 7) is 6.59. The third kappa shape index (κ3) is 4.14. The van der Waals surface area contributed by atoms with Crippen molar-refractivity contribution in [3.05, 3.63) is 88.1 Å². The van der Waals surface area contributed by atoms with Crippen LogP contribution in [0.1, 0.15) is 36.6 Å². The Morgan fingerprint density at radius 2 is 1.97 bits per heavy atom. The number of aliphatic imine (C=N–C) groups is 1. The molecule has 0 N–H and O–H groups in total. The summed E-state index contributed by atoms with van der Waals surface area (Å²) in [5.41, 5.74) is 4.60. The quantitative estimate of drug-likeness (QED) is 0.590. The number of hydrogen-bond acceptors (Lipinski definition) is 6. The number of allylic oxidation sites excluding steroid dienone is 1. The number of ether oxygens (including phenoxy) is 2. The summed E-state index contributed by atoms with van der Waals surface area (Å²) < 4.78 is 11.3. The molecule has 0 saturated carbocycles. The molecule has 2 aromatic rings. The fourth-order valence-electron chi connectivity index (χ4n) is 3.61. The van der Waals surface area contributed by atoms with Crippen molar-refractivity contribution in [1.29, 1.82) is 0 Å². The first-order valence-electron chi connectivity index (χ1n) is 9.93. The standard InChI is InChI=1S/C24H24N2O3S/c1-4-28-23(27)21-17(3)25-24-26(12-13-30-24)22(21)19-8-10-20(11-9-19)29-15-18-7-5-6-16(2)14-18/h5-14,22H,4,15H2,1-3H3. The van der Waals surface area contributed by atoms with Crippen molar-refractivity contribution in [2.24, 2.45) is 4.99 Å². The molecule has 1 unspecified atom stereocenters. The van der Waals surface area contributed by atoms with Crippen LogP contribution in [0.4, 0.5) is 0 Å². The van der Waals surface area contributed by atoms with E-state index >= 15 is 0 Å². The van der Waals surface area contributed by atoms with Gasteiger partial charge in [0, 0.05) is 6.20 Å². The zero-order valence-corrected chi connectivity index (χ0v) is 18.1. The van der Waals surface area contributed by atoms with E-state index in [4.69, 9.17) is 9.47 Å². The number of hydrogen-bond donors (Lipinski definition) is 0. The maximum atomic E-state index is 12.7. The predicted molar refractivity (Wildman–Crippen MR) is 120 cm³/mol. The second-order valence-corrected chi connectivity index (χ2v) is 8.05. The molecule has 0 aromatic heterocycles. The summed E-state index contributed by atoms with van der Waals surface area (Å²) in [4.78, 5) is 19.3. The largest absolute Gasteiger partial charge is 0.489 e. The van der Waals surface area contributed by atoms with Crippen LogP contribution in [0.25, 0.3) is 0 Å². The van der Waals surface area contributed by atoms with Crippen molar-refractivity contribution in [3.63, 3.8) is 0 Å². The number of amidine groups is 1. The molecule has 4 rings (SSSR count). The molecule has 0 aliphatic carbocycles. The van der Waals surface area contributed by atoms with Gasteiger partial charge in [-0.1, -0.05) is 53.7 Å². The zero-order chi connectivity index (χ0) is 21.1. The number of rotatable bonds is 6. The monoisotopic (exact) mass is 420 g/mol. The molecule has 6 heteroatoms. The SMILES string of the molecule is CCOC(=O)C1=C(C)N=C2SC=CN2C1c1ccc(OCc2cccc(C)c2)cc1. The van der Waals surface area contributed by atoms with E-state index in [0.717, 1.165) is 22.0 Å². The molecule has 2 heterocycles. The van der Waals surface area contributed by atoms with Crippen molar-refractivity contribution >= 4 is 22.9 Å². The zero-order valence-electron chi connectivity index (χ0n) is 17.3. The first kappa shape index (κ1) is 20.3. The molecule has 2 aliphatic heterocycles. The smallest absolute Gasteiger partial charge is 0.338 e. The Hall–Kier alpha value is -2.99. The van der Waals surface area contributed by atoms with Gasteiger partial charge in [0.2, 0.25) is 0 Å². The maximum absolute atomic E-state index is 12.7. The highest BCUT2D eigenvalue weighted by Crippen LogP contribution is 2.41. The van der Waals surface area contributed by atoms with Crippen molar-refractivity contribution in [1.82, 2.24) is 4.90 Å². The molecule has 2 aliphatic rings. The molecule has 0 amide bonds. The molecule has 1 atom stereocenters. The molecule has 0 saturated heterocycles. The minimum Gasteiger partial charge on any atom is -0.489 e. The normalized spacial score (nSPS) is 17.6. The lowest BCUT2D eigenvalue weighted by Crippen LogP contribution is -2.34. The fourth-order valence-corrected chi connectivity index (χ4v) is 4.40. The van der Waals surface area contributed by atoms with Gasteiger partial charge in [-0.25, -0.2) is 9.79 Å². The van der Waals surface area contributed by atoms with E-state index in [1.807, 2.05) is 60.7 Å². The molecule has 0 fully saturated rings. The number of carbonyl (C=O) groups is 1. The molecule has 154 valence electrons. The average molecular weight is 421 g/mol. The number of fused-ring (bicyclic) bond motifs is 1. The van der Waals surface area contributed by atoms with E-state index in [1.54, 1.807) is 11.8 Å². The minimum absolute atomic E-state index is 0.270. The van der Waals surface area contributed by atoms with Gasteiger partial charge < -0.3 is 14.4 Å². The van der Waals surface area contributed by atoms with Crippen LogP contribution < -0.4 is 4.74 Å². The van der Waals surface area contributed by atoms with Crippen LogP contribution in [0, 0.1) is 6.92 Å². The number of aryl methyl sites for hydroxylation is 1. The third-order valence-electron chi connectivity index (χ3n) is 5.00. The van der Waals surface area contributed by atoms with Gasteiger partial charge in [0.05, 0.1) is 23.9 Å². The van der Waals surface area contributed by atoms with Gasteiger partial charge in [0.15, 0.2) is 5.17 Å². The summed E-state index contributed by atoms with van der Waals surface area (Å²) >= 11 is 1.55. The van der Waals surface area contributed by atoms with Gasteiger partial charge >= 0.3 is 5.97 Å². The second kappa shape index (κ2) is 8.79. The van der Waals surface area contributed by atoms with Crippen LogP contribution in [-0.2, 0) is 16.1 Å². The van der Waals surface area contributed by atoms with E-state index in [9.17, 15) is 4.79 Å². The first-order chi connectivity index (χ1) is 14.6. The van der Waals surface area contributed by atoms with Crippen molar-refractivity contribution < 1.29 is 14.3 Å². The highest BCUT2D eigenvalue weighted by molar-refractivity contribution is 8.16. The van der Waals surface area contributed by atoms with Gasteiger partial charge in [-0.2, -0.15) is 0 Å². The van der Waals surface area contributed by atoms with Crippen LogP contribution in [0.5, 0.6) is 5.75 Å². The lowest BCUT2D eigenvalue weighted by Gasteiger charge is -2.33. The number of thioether (sulfide) groups is 1. The predicted octanol–water partition coefficient (Wildman–Crippen LogP) is 5.34. The topological polar surface area (TPSA) is 51.1 Å². The molecule has 0 bridgehead atoms.